The smallest absolute Gasteiger partial charge is 0.508 e. The molecule has 21 heteroatoms. The minimum Gasteiger partial charge on any atom is -0.508 e. The van der Waals surface area contributed by atoms with E-state index in [0.717, 1.165) is 101 Å². The summed E-state index contributed by atoms with van der Waals surface area (Å²) < 4.78 is 86.5. The van der Waals surface area contributed by atoms with Crippen molar-refractivity contribution in [2.24, 2.45) is 17.3 Å². The fourth-order valence-corrected chi connectivity index (χ4v) is 11.5. The molecule has 16 nitrogen and oxygen atoms in total. The molecule has 4 aliphatic rings. The number of Topliss-reactive ketones (excluding diaryl/α,β-unsaturated/α-hetero) is 1. The van der Waals surface area contributed by atoms with Crippen molar-refractivity contribution in [3.8, 4) is 47.3 Å². The quantitative estimate of drug-likeness (QED) is 0.0379. The van der Waals surface area contributed by atoms with Crippen LogP contribution in [0.5, 0.6) is 17.6 Å². The summed E-state index contributed by atoms with van der Waals surface area (Å²) in [5.41, 5.74) is 0.643. The van der Waals surface area contributed by atoms with Crippen LogP contribution in [0.4, 0.5) is 33.5 Å². The summed E-state index contributed by atoms with van der Waals surface area (Å²) >= 11 is 0. The van der Waals surface area contributed by atoms with Crippen LogP contribution in [-0.2, 0) is 16.1 Å². The van der Waals surface area contributed by atoms with Crippen molar-refractivity contribution in [2.45, 2.75) is 132 Å². The fourth-order valence-electron chi connectivity index (χ4n) is 11.5. The van der Waals surface area contributed by atoms with Gasteiger partial charge in [-0.3, -0.25) is 14.4 Å². The van der Waals surface area contributed by atoms with E-state index in [1.165, 1.54) is 19.1 Å². The molecule has 9 rings (SSSR count). The molecule has 1 aliphatic carbocycles. The molecule has 5 aromatic rings. The highest BCUT2D eigenvalue weighted by atomic mass is 19.4. The molecule has 5 heterocycles. The van der Waals surface area contributed by atoms with Gasteiger partial charge in [0.2, 0.25) is 11.8 Å². The fraction of sp³-hybridized carbons (Fsp3) is 0.530. The van der Waals surface area contributed by atoms with Crippen LogP contribution >= 0.6 is 0 Å². The SMILES string of the molecule is C#Cc1c(F)ccc2cc(O)cc(-c3nc(OC(F)(F)F)c4c(N(CCC)CC(C)C)nc(OCC5(CN6CCN(CC7CCN(c8ccc9c(c8)CN(C(CCC=C)C(=O)NC)C9=O)CC7)CC6)CC5)nc4c3F)c12.CC.CC.CC(=O)CCC#N. The molecule has 0 spiro atoms. The van der Waals surface area contributed by atoms with Gasteiger partial charge >= 0.3 is 12.4 Å². The predicted molar refractivity (Wildman–Crippen MR) is 331 cm³/mol. The van der Waals surface area contributed by atoms with Gasteiger partial charge in [-0.2, -0.15) is 15.2 Å². The number of anilines is 2. The first-order chi connectivity index (χ1) is 41.7. The molecular formula is C66H85F5N10O6. The van der Waals surface area contributed by atoms with Crippen LogP contribution < -0.4 is 24.6 Å². The Bertz CT molecular complexity index is 3290. The van der Waals surface area contributed by atoms with Gasteiger partial charge in [-0.15, -0.1) is 26.2 Å². The summed E-state index contributed by atoms with van der Waals surface area (Å²) in [6, 6.07) is 11.9. The zero-order valence-corrected chi connectivity index (χ0v) is 51.9. The molecule has 3 aromatic carbocycles. The number of likely N-dealkylation sites (N-methyl/N-ethyl adjacent to an activating group) is 1. The second kappa shape index (κ2) is 31.3. The van der Waals surface area contributed by atoms with E-state index in [2.05, 4.69) is 58.3 Å². The van der Waals surface area contributed by atoms with Gasteiger partial charge in [0.1, 0.15) is 45.8 Å². The maximum absolute atomic E-state index is 17.4. The number of ketones is 1. The van der Waals surface area contributed by atoms with Gasteiger partial charge in [0.05, 0.1) is 18.2 Å². The van der Waals surface area contributed by atoms with Crippen LogP contribution in [0, 0.1) is 52.6 Å². The van der Waals surface area contributed by atoms with Crippen LogP contribution in [0.15, 0.2) is 55.1 Å². The number of hydrogen-bond acceptors (Lipinski definition) is 14. The number of rotatable bonds is 22. The monoisotopic (exact) mass is 1210 g/mol. The molecule has 2 aromatic heterocycles. The lowest BCUT2D eigenvalue weighted by molar-refractivity contribution is -0.275. The van der Waals surface area contributed by atoms with Gasteiger partial charge in [0, 0.05) is 119 Å². The first-order valence-corrected chi connectivity index (χ1v) is 30.5. The minimum absolute atomic E-state index is 0.0119. The Morgan fingerprint density at radius 1 is 0.977 bits per heavy atom. The summed E-state index contributed by atoms with van der Waals surface area (Å²) in [5.74, 6) is -0.847. The highest BCUT2D eigenvalue weighted by molar-refractivity contribution is 6.04. The number of terminal acetylenes is 1. The van der Waals surface area contributed by atoms with Gasteiger partial charge in [-0.1, -0.05) is 66.5 Å². The number of phenolic OH excluding ortho intramolecular Hbond substituents is 1. The van der Waals surface area contributed by atoms with E-state index < -0.39 is 46.5 Å². The lowest BCUT2D eigenvalue weighted by Crippen LogP contribution is -2.50. The van der Waals surface area contributed by atoms with Crippen LogP contribution in [0.1, 0.15) is 135 Å². The third kappa shape index (κ3) is 17.3. The van der Waals surface area contributed by atoms with E-state index >= 15 is 8.78 Å². The molecule has 3 aliphatic heterocycles. The number of aromatic nitrogens is 3. The number of piperidine rings is 1. The Morgan fingerprint density at radius 2 is 1.67 bits per heavy atom. The summed E-state index contributed by atoms with van der Waals surface area (Å²) in [6.45, 7) is 27.5. The zero-order valence-electron chi connectivity index (χ0n) is 51.9. The van der Waals surface area contributed by atoms with Crippen molar-refractivity contribution in [1.29, 1.82) is 5.26 Å². The van der Waals surface area contributed by atoms with Crippen molar-refractivity contribution < 1.29 is 50.9 Å². The molecule has 87 heavy (non-hydrogen) atoms. The van der Waals surface area contributed by atoms with E-state index in [9.17, 15) is 32.7 Å². The Morgan fingerprint density at radius 3 is 2.25 bits per heavy atom. The molecule has 2 N–H and O–H groups in total. The molecule has 0 radical (unpaired) electrons. The number of carbonyl (C=O) groups is 3. The predicted octanol–water partition coefficient (Wildman–Crippen LogP) is 12.2. The van der Waals surface area contributed by atoms with Crippen molar-refractivity contribution in [1.82, 2.24) is 35.0 Å². The molecule has 1 saturated carbocycles. The number of amides is 2. The normalized spacial score (nSPS) is 16.0. The van der Waals surface area contributed by atoms with Crippen molar-refractivity contribution in [3.05, 3.63) is 83.4 Å². The highest BCUT2D eigenvalue weighted by Crippen LogP contribution is 2.48. The highest BCUT2D eigenvalue weighted by Gasteiger charge is 2.46. The molecule has 2 amide bonds. The van der Waals surface area contributed by atoms with Gasteiger partial charge < -0.3 is 44.4 Å². The lowest BCUT2D eigenvalue weighted by Gasteiger charge is -2.40. The average molecular weight is 1210 g/mol. The topological polar surface area (TPSA) is 181 Å². The second-order valence-corrected chi connectivity index (χ2v) is 22.6. The number of phenols is 1. The summed E-state index contributed by atoms with van der Waals surface area (Å²) in [4.78, 5) is 60.2. The number of nitrogens with one attached hydrogen (secondary N) is 1. The molecule has 0 bridgehead atoms. The van der Waals surface area contributed by atoms with Crippen LogP contribution in [-0.4, -0.2) is 144 Å². The Hall–Kier alpha value is -7.62. The van der Waals surface area contributed by atoms with Gasteiger partial charge in [-0.05, 0) is 111 Å². The lowest BCUT2D eigenvalue weighted by atomic mass is 9.95. The first kappa shape index (κ1) is 68.5. The van der Waals surface area contributed by atoms with Crippen molar-refractivity contribution in [3.63, 3.8) is 0 Å². The van der Waals surface area contributed by atoms with E-state index in [0.29, 0.717) is 63.2 Å². The van der Waals surface area contributed by atoms with Gasteiger partial charge in [0.25, 0.3) is 5.91 Å². The molecule has 1 atom stereocenters. The van der Waals surface area contributed by atoms with Gasteiger partial charge in [0.15, 0.2) is 5.82 Å². The van der Waals surface area contributed by atoms with E-state index in [4.69, 9.17) is 16.4 Å². The number of carbonyl (C=O) groups excluding carboxylic acids is 3. The maximum atomic E-state index is 17.4. The Balaban J connectivity index is 0.00000102. The van der Waals surface area contributed by atoms with Crippen LogP contribution in [0.2, 0.25) is 0 Å². The maximum Gasteiger partial charge on any atom is 0.574 e. The van der Waals surface area contributed by atoms with Crippen molar-refractivity contribution in [2.75, 3.05) is 88.9 Å². The number of hydrogen-bond donors (Lipinski definition) is 2. The van der Waals surface area contributed by atoms with Crippen LogP contribution in [0.3, 0.4) is 0 Å². The van der Waals surface area contributed by atoms with E-state index in [1.807, 2.05) is 66.7 Å². The number of fused-ring (bicyclic) bond motifs is 3. The number of benzene rings is 3. The number of nitriles is 1. The standard InChI is InChI=1S/C57H66F5N9O5.C5H7NO.2C2H6/c1-7-10-11-45(52(73)63-6)71-32-38-27-39(13-14-42(38)54(71)74)69-21-16-36(17-22-69)31-67-23-25-68(26-24-67)33-56(18-19-56)34-75-55-65-50-47(51(66-55)70(20-8-2)30-35(4)5)53(76-57(60,61)62)64-49(48(50)59)43-29-40(72)28-37-12-15-44(58)41(9-3)46(37)43;1-5(7)3-2-4-6;2*1-2/h3,7,12-15,27-29,35-36,45,72H,1,8,10-11,16-26,30-34H2,2,4-6H3,(H,63,73);2-3H2,1H3;2*1-2H3. The number of nitrogens with zero attached hydrogens (tertiary/aromatic N) is 9. The largest absolute Gasteiger partial charge is 0.574 e. The second-order valence-electron chi connectivity index (χ2n) is 22.6. The minimum atomic E-state index is -5.28. The number of ether oxygens (including phenoxy) is 2. The number of halogens is 5. The molecule has 2 saturated heterocycles. The molecule has 1 unspecified atom stereocenters. The third-order valence-corrected chi connectivity index (χ3v) is 15.8. The number of piperazine rings is 1. The summed E-state index contributed by atoms with van der Waals surface area (Å²) in [7, 11) is 1.59. The Labute approximate surface area is 509 Å². The van der Waals surface area contributed by atoms with Crippen LogP contribution in [0.25, 0.3) is 32.9 Å². The molecular weight excluding hydrogens is 1120 g/mol. The zero-order chi connectivity index (χ0) is 63.8. The first-order valence-electron chi connectivity index (χ1n) is 30.5. The summed E-state index contributed by atoms with van der Waals surface area (Å²) in [5, 5.41) is 21.1. The number of alkyl halides is 3. The third-order valence-electron chi connectivity index (χ3n) is 15.8. The van der Waals surface area contributed by atoms with Gasteiger partial charge in [-0.25, -0.2) is 13.8 Å². The Kier molecular flexibility index (Phi) is 24.7. The van der Waals surface area contributed by atoms with E-state index in [-0.39, 0.29) is 75.0 Å². The summed E-state index contributed by atoms with van der Waals surface area (Å²) in [6.07, 6.45) is 8.52. The molecule has 470 valence electrons. The number of pyridine rings is 1. The van der Waals surface area contributed by atoms with E-state index in [1.54, 1.807) is 22.9 Å². The number of aromatic hydroxyl groups is 1. The van der Waals surface area contributed by atoms with Crippen molar-refractivity contribution >= 4 is 50.8 Å². The molecule has 3 fully saturated rings. The number of allylic oxidation sites excluding steroid dienone is 1. The average Bonchev–Trinajstić information content (AvgIpc) is 1.62.